The zero-order valence-corrected chi connectivity index (χ0v) is 18.6. The molecule has 0 aliphatic heterocycles. The summed E-state index contributed by atoms with van der Waals surface area (Å²) in [5, 5.41) is 3.41. The van der Waals surface area contributed by atoms with Gasteiger partial charge in [-0.05, 0) is 42.2 Å². The van der Waals surface area contributed by atoms with Crippen molar-refractivity contribution in [1.29, 1.82) is 0 Å². The number of likely N-dealkylation sites (N-methyl/N-ethyl adjacent to an activating group) is 1. The first-order valence-corrected chi connectivity index (χ1v) is 10.2. The summed E-state index contributed by atoms with van der Waals surface area (Å²) in [6.07, 6.45) is 0. The molecule has 2 rings (SSSR count). The van der Waals surface area contributed by atoms with Gasteiger partial charge in [0.2, 0.25) is 5.91 Å². The molecule has 156 valence electrons. The lowest BCUT2D eigenvalue weighted by Gasteiger charge is -2.28. The molecule has 0 radical (unpaired) electrons. The van der Waals surface area contributed by atoms with Crippen molar-refractivity contribution >= 4 is 35.0 Å². The third kappa shape index (κ3) is 6.12. The number of para-hydroxylation sites is 1. The van der Waals surface area contributed by atoms with Gasteiger partial charge in [0, 0.05) is 13.6 Å². The van der Waals surface area contributed by atoms with Crippen LogP contribution in [0.5, 0.6) is 5.75 Å². The van der Waals surface area contributed by atoms with E-state index in [2.05, 4.69) is 19.2 Å². The molecule has 2 aromatic rings. The van der Waals surface area contributed by atoms with E-state index in [0.29, 0.717) is 15.8 Å². The third-order valence-electron chi connectivity index (χ3n) is 4.64. The van der Waals surface area contributed by atoms with E-state index in [4.69, 9.17) is 27.9 Å². The van der Waals surface area contributed by atoms with Crippen LogP contribution in [0.1, 0.15) is 37.8 Å². The van der Waals surface area contributed by atoms with Crippen LogP contribution in [-0.2, 0) is 16.1 Å². The van der Waals surface area contributed by atoms with Gasteiger partial charge >= 0.3 is 0 Å². The number of hydrogen-bond donors (Lipinski definition) is 1. The summed E-state index contributed by atoms with van der Waals surface area (Å²) in [6, 6.07) is 12.1. The normalized spacial score (nSPS) is 11.8. The molecule has 0 fully saturated rings. The van der Waals surface area contributed by atoms with Crippen LogP contribution in [0.3, 0.4) is 0 Å². The van der Waals surface area contributed by atoms with E-state index in [9.17, 15) is 9.59 Å². The lowest BCUT2D eigenvalue weighted by atomic mass is 10.0. The molecular formula is C22H26Cl2N2O3. The van der Waals surface area contributed by atoms with Crippen LogP contribution in [0.25, 0.3) is 0 Å². The average molecular weight is 437 g/mol. The summed E-state index contributed by atoms with van der Waals surface area (Å²) in [4.78, 5) is 26.6. The lowest BCUT2D eigenvalue weighted by Crippen LogP contribution is -2.48. The van der Waals surface area contributed by atoms with Crippen molar-refractivity contribution in [3.8, 4) is 5.75 Å². The Labute approximate surface area is 181 Å². The van der Waals surface area contributed by atoms with Crippen LogP contribution in [-0.4, -0.2) is 36.4 Å². The van der Waals surface area contributed by atoms with Gasteiger partial charge in [-0.3, -0.25) is 9.59 Å². The van der Waals surface area contributed by atoms with Gasteiger partial charge in [-0.2, -0.15) is 0 Å². The first kappa shape index (κ1) is 23.0. The lowest BCUT2D eigenvalue weighted by molar-refractivity contribution is -0.142. The smallest absolute Gasteiger partial charge is 0.261 e. The van der Waals surface area contributed by atoms with E-state index in [1.807, 2.05) is 24.3 Å². The Bertz CT molecular complexity index is 871. The van der Waals surface area contributed by atoms with Crippen LogP contribution >= 0.6 is 23.2 Å². The van der Waals surface area contributed by atoms with Gasteiger partial charge < -0.3 is 15.0 Å². The highest BCUT2D eigenvalue weighted by Gasteiger charge is 2.26. The molecule has 29 heavy (non-hydrogen) atoms. The van der Waals surface area contributed by atoms with E-state index in [1.165, 1.54) is 11.9 Å². The Hall–Kier alpha value is -2.24. The molecule has 1 N–H and O–H groups in total. The largest absolute Gasteiger partial charge is 0.483 e. The molecule has 0 aromatic heterocycles. The molecule has 0 aliphatic rings. The fourth-order valence-electron chi connectivity index (χ4n) is 2.94. The van der Waals surface area contributed by atoms with Crippen molar-refractivity contribution in [2.45, 2.75) is 39.3 Å². The highest BCUT2D eigenvalue weighted by Crippen LogP contribution is 2.26. The molecule has 0 saturated heterocycles. The summed E-state index contributed by atoms with van der Waals surface area (Å²) in [5.41, 5.74) is 1.79. The molecule has 2 aromatic carbocycles. The summed E-state index contributed by atoms with van der Waals surface area (Å²) in [6.45, 7) is 5.84. The van der Waals surface area contributed by atoms with E-state index in [1.54, 1.807) is 25.1 Å². The standard InChI is InChI=1S/C22H26Cl2N2O3/c1-14(2)17-7-5-6-8-20(17)29-13-21(27)26(15(3)22(28)25-4)12-16-9-10-18(23)19(24)11-16/h5-11,14-15H,12-13H2,1-4H3,(H,25,28). The first-order chi connectivity index (χ1) is 13.7. The zero-order valence-electron chi connectivity index (χ0n) is 17.0. The Morgan fingerprint density at radius 3 is 2.38 bits per heavy atom. The molecule has 0 heterocycles. The van der Waals surface area contributed by atoms with Crippen LogP contribution in [0.15, 0.2) is 42.5 Å². The second-order valence-electron chi connectivity index (χ2n) is 7.04. The minimum atomic E-state index is -0.675. The number of amides is 2. The summed E-state index contributed by atoms with van der Waals surface area (Å²) in [7, 11) is 1.54. The van der Waals surface area contributed by atoms with Crippen molar-refractivity contribution in [3.63, 3.8) is 0 Å². The number of halogens is 2. The number of benzene rings is 2. The third-order valence-corrected chi connectivity index (χ3v) is 5.38. The molecule has 5 nitrogen and oxygen atoms in total. The molecular weight excluding hydrogens is 411 g/mol. The molecule has 0 saturated carbocycles. The number of nitrogens with one attached hydrogen (secondary N) is 1. The van der Waals surface area contributed by atoms with Gasteiger partial charge in [0.05, 0.1) is 10.0 Å². The zero-order chi connectivity index (χ0) is 21.6. The van der Waals surface area contributed by atoms with Crippen LogP contribution in [0.4, 0.5) is 0 Å². The number of carbonyl (C=O) groups excluding carboxylic acids is 2. The Kier molecular flexibility index (Phi) is 8.35. The Morgan fingerprint density at radius 2 is 1.76 bits per heavy atom. The van der Waals surface area contributed by atoms with Gasteiger partial charge in [0.25, 0.3) is 5.91 Å². The van der Waals surface area contributed by atoms with Gasteiger partial charge in [-0.25, -0.2) is 0 Å². The van der Waals surface area contributed by atoms with E-state index in [0.717, 1.165) is 11.1 Å². The van der Waals surface area contributed by atoms with Crippen LogP contribution < -0.4 is 10.1 Å². The fraction of sp³-hybridized carbons (Fsp3) is 0.364. The maximum absolute atomic E-state index is 13.0. The predicted octanol–water partition coefficient (Wildman–Crippen LogP) is 4.66. The quantitative estimate of drug-likeness (QED) is 0.654. The highest BCUT2D eigenvalue weighted by molar-refractivity contribution is 6.42. The van der Waals surface area contributed by atoms with Crippen molar-refractivity contribution in [3.05, 3.63) is 63.6 Å². The summed E-state index contributed by atoms with van der Waals surface area (Å²) in [5.74, 6) is 0.364. The summed E-state index contributed by atoms with van der Waals surface area (Å²) < 4.78 is 5.82. The molecule has 0 spiro atoms. The molecule has 0 bridgehead atoms. The second-order valence-corrected chi connectivity index (χ2v) is 7.86. The van der Waals surface area contributed by atoms with Gasteiger partial charge in [-0.15, -0.1) is 0 Å². The number of ether oxygens (including phenoxy) is 1. The van der Waals surface area contributed by atoms with Crippen molar-refractivity contribution < 1.29 is 14.3 Å². The van der Waals surface area contributed by atoms with Crippen molar-refractivity contribution in [2.75, 3.05) is 13.7 Å². The van der Waals surface area contributed by atoms with Crippen LogP contribution in [0, 0.1) is 0 Å². The highest BCUT2D eigenvalue weighted by atomic mass is 35.5. The SMILES string of the molecule is CNC(=O)C(C)N(Cc1ccc(Cl)c(Cl)c1)C(=O)COc1ccccc1C(C)C. The number of rotatable bonds is 8. The van der Waals surface area contributed by atoms with E-state index >= 15 is 0 Å². The minimum absolute atomic E-state index is 0.174. The molecule has 2 amide bonds. The molecule has 1 atom stereocenters. The minimum Gasteiger partial charge on any atom is -0.483 e. The van der Waals surface area contributed by atoms with Crippen molar-refractivity contribution in [1.82, 2.24) is 10.2 Å². The van der Waals surface area contributed by atoms with E-state index < -0.39 is 6.04 Å². The maximum Gasteiger partial charge on any atom is 0.261 e. The fourth-order valence-corrected chi connectivity index (χ4v) is 3.26. The average Bonchev–Trinajstić information content (AvgIpc) is 2.71. The Balaban J connectivity index is 2.20. The summed E-state index contributed by atoms with van der Waals surface area (Å²) >= 11 is 12.1. The first-order valence-electron chi connectivity index (χ1n) is 9.41. The second kappa shape index (κ2) is 10.5. The number of nitrogens with zero attached hydrogens (tertiary/aromatic N) is 1. The van der Waals surface area contributed by atoms with Crippen molar-refractivity contribution in [2.24, 2.45) is 0 Å². The van der Waals surface area contributed by atoms with Gasteiger partial charge in [0.15, 0.2) is 6.61 Å². The Morgan fingerprint density at radius 1 is 1.07 bits per heavy atom. The predicted molar refractivity (Wildman–Crippen MR) is 117 cm³/mol. The molecule has 7 heteroatoms. The van der Waals surface area contributed by atoms with Gasteiger partial charge in [-0.1, -0.05) is 61.3 Å². The topological polar surface area (TPSA) is 58.6 Å². The van der Waals surface area contributed by atoms with Gasteiger partial charge in [0.1, 0.15) is 11.8 Å². The molecule has 0 aliphatic carbocycles. The van der Waals surface area contributed by atoms with E-state index in [-0.39, 0.29) is 30.9 Å². The monoisotopic (exact) mass is 436 g/mol. The maximum atomic E-state index is 13.0. The van der Waals surface area contributed by atoms with Crippen LogP contribution in [0.2, 0.25) is 10.0 Å². The number of carbonyl (C=O) groups is 2. The molecule has 1 unspecified atom stereocenters. The number of hydrogen-bond acceptors (Lipinski definition) is 3.